The van der Waals surface area contributed by atoms with Gasteiger partial charge in [0.05, 0.1) is 6.26 Å². The maximum Gasteiger partial charge on any atom is 0.105 e. The Kier molecular flexibility index (Phi) is 3.71. The van der Waals surface area contributed by atoms with Crippen LogP contribution >= 0.6 is 0 Å². The fourth-order valence-corrected chi connectivity index (χ4v) is 5.26. The van der Waals surface area contributed by atoms with Gasteiger partial charge in [0.15, 0.2) is 0 Å². The van der Waals surface area contributed by atoms with Crippen LogP contribution in [0.2, 0.25) is 0 Å². The second-order valence-corrected chi connectivity index (χ2v) is 8.62. The Bertz CT molecular complexity index is 681. The average Bonchev–Trinajstić information content (AvgIpc) is 2.91. The molecule has 1 aromatic heterocycles. The van der Waals surface area contributed by atoms with Gasteiger partial charge in [-0.05, 0) is 49.4 Å². The minimum absolute atomic E-state index is 0.622. The molecule has 4 atom stereocenters. The van der Waals surface area contributed by atoms with Crippen molar-refractivity contribution in [2.75, 3.05) is 25.6 Å². The van der Waals surface area contributed by atoms with Gasteiger partial charge in [0.25, 0.3) is 0 Å². The molecular formula is C18H24N2OS. The summed E-state index contributed by atoms with van der Waals surface area (Å²) in [6.07, 6.45) is 7.51. The molecule has 1 aliphatic carbocycles. The highest BCUT2D eigenvalue weighted by atomic mass is 32.2. The first kappa shape index (κ1) is 14.6. The molecule has 3 nitrogen and oxygen atoms in total. The number of hydrogen-bond acceptors (Lipinski definition) is 2. The summed E-state index contributed by atoms with van der Waals surface area (Å²) in [6.45, 7) is 1.15. The normalized spacial score (nSPS) is 29.5. The number of nitrogens with zero attached hydrogens (tertiary/aromatic N) is 1. The van der Waals surface area contributed by atoms with E-state index in [9.17, 15) is 4.55 Å². The lowest BCUT2D eigenvalue weighted by Crippen LogP contribution is -2.48. The molecule has 0 bridgehead atoms. The van der Waals surface area contributed by atoms with E-state index in [1.165, 1.54) is 28.5 Å². The lowest BCUT2D eigenvalue weighted by molar-refractivity contribution is 0.110. The fourth-order valence-electron chi connectivity index (χ4n) is 4.60. The number of hydrogen-bond donors (Lipinski definition) is 1. The smallest absolute Gasteiger partial charge is 0.105 e. The van der Waals surface area contributed by atoms with Gasteiger partial charge in [0.2, 0.25) is 0 Å². The minimum atomic E-state index is -0.670. The quantitative estimate of drug-likeness (QED) is 0.885. The van der Waals surface area contributed by atoms with Crippen molar-refractivity contribution >= 4 is 22.1 Å². The zero-order valence-electron chi connectivity index (χ0n) is 13.3. The molecule has 2 aromatic rings. The van der Waals surface area contributed by atoms with Crippen molar-refractivity contribution in [2.45, 2.75) is 31.2 Å². The van der Waals surface area contributed by atoms with Crippen LogP contribution < -0.4 is 0 Å². The van der Waals surface area contributed by atoms with Crippen LogP contribution in [0.15, 0.2) is 24.4 Å². The van der Waals surface area contributed by atoms with Crippen LogP contribution in [0.25, 0.3) is 10.9 Å². The Morgan fingerprint density at radius 2 is 2.27 bits per heavy atom. The Morgan fingerprint density at radius 1 is 1.41 bits per heavy atom. The lowest BCUT2D eigenvalue weighted by atomic mass is 9.72. The molecular weight excluding hydrogens is 292 g/mol. The molecule has 1 aromatic carbocycles. The van der Waals surface area contributed by atoms with E-state index < -0.39 is 11.2 Å². The van der Waals surface area contributed by atoms with Crippen molar-refractivity contribution in [1.29, 1.82) is 0 Å². The molecule has 0 spiro atoms. The Balaban J connectivity index is 1.66. The molecule has 22 heavy (non-hydrogen) atoms. The predicted molar refractivity (Wildman–Crippen MR) is 92.8 cm³/mol. The Morgan fingerprint density at radius 3 is 3.09 bits per heavy atom. The lowest BCUT2D eigenvalue weighted by Gasteiger charge is -2.45. The van der Waals surface area contributed by atoms with Gasteiger partial charge in [-0.25, -0.2) is 0 Å². The first-order chi connectivity index (χ1) is 10.6. The molecule has 0 amide bonds. The number of benzene rings is 1. The van der Waals surface area contributed by atoms with E-state index in [0.29, 0.717) is 17.9 Å². The summed E-state index contributed by atoms with van der Waals surface area (Å²) < 4.78 is 11.4. The molecule has 1 aliphatic heterocycles. The molecule has 2 unspecified atom stereocenters. The standard InChI is InChI=1S/C18H24N2OS/c1-20-11-12(6-7-22(2)21)8-15-14-4-3-5-16-18(14)13(10-19-16)9-17(15)20/h3-5,10,12,15,17,19H,6-9,11H2,1-2H3/t12?,15-,17-,22?/m1/s1. The third kappa shape index (κ3) is 2.38. The molecule has 2 aliphatic rings. The van der Waals surface area contributed by atoms with Gasteiger partial charge >= 0.3 is 0 Å². The zero-order chi connectivity index (χ0) is 15.3. The summed E-state index contributed by atoms with van der Waals surface area (Å²) in [5, 5.41) is 1.47. The molecule has 2 heterocycles. The van der Waals surface area contributed by atoms with Crippen molar-refractivity contribution in [1.82, 2.24) is 9.88 Å². The van der Waals surface area contributed by atoms with E-state index in [2.05, 4.69) is 41.3 Å². The molecule has 1 saturated heterocycles. The van der Waals surface area contributed by atoms with Crippen LogP contribution in [0.1, 0.15) is 29.9 Å². The van der Waals surface area contributed by atoms with Gasteiger partial charge in [-0.15, -0.1) is 0 Å². The Labute approximate surface area is 135 Å². The number of aromatic amines is 1. The van der Waals surface area contributed by atoms with E-state index in [1.807, 2.05) is 6.26 Å². The highest BCUT2D eigenvalue weighted by Crippen LogP contribution is 2.44. The van der Waals surface area contributed by atoms with Crippen LogP contribution in [0.3, 0.4) is 0 Å². The summed E-state index contributed by atoms with van der Waals surface area (Å²) >= 11 is -0.670. The first-order valence-corrected chi connectivity index (χ1v) is 9.95. The second-order valence-electron chi connectivity index (χ2n) is 7.07. The van der Waals surface area contributed by atoms with Gasteiger partial charge in [0, 0.05) is 35.6 Å². The summed E-state index contributed by atoms with van der Waals surface area (Å²) in [6, 6.07) is 7.32. The van der Waals surface area contributed by atoms with Gasteiger partial charge in [-0.2, -0.15) is 0 Å². The number of piperidine rings is 1. The van der Waals surface area contributed by atoms with E-state index in [4.69, 9.17) is 0 Å². The first-order valence-electron chi connectivity index (χ1n) is 8.22. The predicted octanol–water partition coefficient (Wildman–Crippen LogP) is 2.90. The number of rotatable bonds is 3. The summed E-state index contributed by atoms with van der Waals surface area (Å²) in [4.78, 5) is 5.98. The van der Waals surface area contributed by atoms with Gasteiger partial charge < -0.3 is 14.4 Å². The largest absolute Gasteiger partial charge is 0.617 e. The van der Waals surface area contributed by atoms with Gasteiger partial charge in [0.1, 0.15) is 5.75 Å². The molecule has 1 N–H and O–H groups in total. The van der Waals surface area contributed by atoms with Crippen LogP contribution in [0.4, 0.5) is 0 Å². The van der Waals surface area contributed by atoms with Crippen molar-refractivity contribution in [2.24, 2.45) is 5.92 Å². The summed E-state index contributed by atoms with van der Waals surface area (Å²) in [7, 11) is 2.27. The van der Waals surface area contributed by atoms with Crippen molar-refractivity contribution in [3.63, 3.8) is 0 Å². The number of nitrogens with one attached hydrogen (secondary N) is 1. The average molecular weight is 316 g/mol. The number of H-pyrrole nitrogens is 1. The SMILES string of the molecule is CN1CC(CC[S+](C)[O-])C[C@@H]2c3cccc4[nH]cc(c34)C[C@H]21. The molecule has 0 radical (unpaired) electrons. The van der Waals surface area contributed by atoms with Crippen LogP contribution in [-0.4, -0.2) is 46.1 Å². The van der Waals surface area contributed by atoms with E-state index in [-0.39, 0.29) is 0 Å². The third-order valence-electron chi connectivity index (χ3n) is 5.63. The molecule has 4 heteroatoms. The monoisotopic (exact) mass is 316 g/mol. The van der Waals surface area contributed by atoms with Crippen molar-refractivity contribution in [3.8, 4) is 0 Å². The summed E-state index contributed by atoms with van der Waals surface area (Å²) in [5.41, 5.74) is 4.29. The maximum atomic E-state index is 11.4. The highest BCUT2D eigenvalue weighted by Gasteiger charge is 2.39. The Hall–Kier alpha value is -0.970. The van der Waals surface area contributed by atoms with E-state index >= 15 is 0 Å². The molecule has 4 rings (SSSR count). The van der Waals surface area contributed by atoms with Crippen molar-refractivity contribution in [3.05, 3.63) is 35.5 Å². The van der Waals surface area contributed by atoms with Crippen LogP contribution in [0, 0.1) is 5.92 Å². The topological polar surface area (TPSA) is 42.1 Å². The maximum absolute atomic E-state index is 11.4. The number of fused-ring (bicyclic) bond motifs is 2. The van der Waals surface area contributed by atoms with E-state index in [0.717, 1.165) is 25.1 Å². The fraction of sp³-hybridized carbons (Fsp3) is 0.556. The highest BCUT2D eigenvalue weighted by molar-refractivity contribution is 7.90. The van der Waals surface area contributed by atoms with Crippen LogP contribution in [-0.2, 0) is 17.6 Å². The number of likely N-dealkylation sites (tertiary alicyclic amines) is 1. The number of likely N-dealkylation sites (N-methyl/N-ethyl adjacent to an activating group) is 1. The zero-order valence-corrected chi connectivity index (χ0v) is 14.2. The third-order valence-corrected chi connectivity index (χ3v) is 6.44. The van der Waals surface area contributed by atoms with Crippen LogP contribution in [0.5, 0.6) is 0 Å². The van der Waals surface area contributed by atoms with Gasteiger partial charge in [-0.3, -0.25) is 0 Å². The molecule has 1 fully saturated rings. The second kappa shape index (κ2) is 5.59. The van der Waals surface area contributed by atoms with E-state index in [1.54, 1.807) is 0 Å². The molecule has 118 valence electrons. The van der Waals surface area contributed by atoms with Crippen molar-refractivity contribution < 1.29 is 4.55 Å². The number of aromatic nitrogens is 1. The van der Waals surface area contributed by atoms with Gasteiger partial charge in [-0.1, -0.05) is 23.3 Å². The molecule has 0 saturated carbocycles. The summed E-state index contributed by atoms with van der Waals surface area (Å²) in [5.74, 6) is 2.14. The minimum Gasteiger partial charge on any atom is -0.617 e.